The van der Waals surface area contributed by atoms with Crippen molar-refractivity contribution in [1.29, 1.82) is 0 Å². The van der Waals surface area contributed by atoms with Crippen LogP contribution >= 0.6 is 0 Å². The zero-order valence-corrected chi connectivity index (χ0v) is 13.7. The molecule has 122 valence electrons. The molecule has 4 nitrogen and oxygen atoms in total. The fraction of sp³-hybridized carbons (Fsp3) is 0.588. The summed E-state index contributed by atoms with van der Waals surface area (Å²) in [7, 11) is 2.04. The van der Waals surface area contributed by atoms with Crippen molar-refractivity contribution in [2.75, 3.05) is 33.2 Å². The minimum atomic E-state index is -0.231. The first-order chi connectivity index (χ1) is 10.5. The molecular weight excluding hydrogens is 281 g/mol. The van der Waals surface area contributed by atoms with Gasteiger partial charge in [0, 0.05) is 26.2 Å². The maximum absolute atomic E-state index is 13.1. The summed E-state index contributed by atoms with van der Waals surface area (Å²) in [6.45, 7) is 7.18. The molecule has 1 fully saturated rings. The number of nitrogens with zero attached hydrogens (tertiary/aromatic N) is 2. The molecule has 1 saturated heterocycles. The fourth-order valence-corrected chi connectivity index (χ4v) is 2.68. The Morgan fingerprint density at radius 2 is 2.00 bits per heavy atom. The summed E-state index contributed by atoms with van der Waals surface area (Å²) in [5, 5.41) is 2.99. The lowest BCUT2D eigenvalue weighted by molar-refractivity contribution is 0.110. The first-order valence-corrected chi connectivity index (χ1v) is 7.96. The van der Waals surface area contributed by atoms with Gasteiger partial charge >= 0.3 is 6.03 Å². The highest BCUT2D eigenvalue weighted by molar-refractivity contribution is 5.74. The normalized spacial score (nSPS) is 19.5. The van der Waals surface area contributed by atoms with Gasteiger partial charge in [0.1, 0.15) is 5.82 Å². The van der Waals surface area contributed by atoms with E-state index in [1.807, 2.05) is 11.9 Å². The maximum atomic E-state index is 13.1. The maximum Gasteiger partial charge on any atom is 0.317 e. The Balaban J connectivity index is 1.95. The lowest BCUT2D eigenvalue weighted by Gasteiger charge is -2.39. The van der Waals surface area contributed by atoms with Gasteiger partial charge in [0.05, 0.1) is 6.04 Å². The molecule has 2 amide bonds. The van der Waals surface area contributed by atoms with Crippen molar-refractivity contribution < 1.29 is 9.18 Å². The number of carbonyl (C=O) groups excluding carboxylic acids is 1. The van der Waals surface area contributed by atoms with Crippen LogP contribution in [-0.4, -0.2) is 49.1 Å². The summed E-state index contributed by atoms with van der Waals surface area (Å²) >= 11 is 0. The molecule has 1 N–H and O–H groups in total. The largest absolute Gasteiger partial charge is 0.338 e. The van der Waals surface area contributed by atoms with Crippen LogP contribution in [-0.2, 0) is 0 Å². The highest BCUT2D eigenvalue weighted by Gasteiger charge is 2.28. The monoisotopic (exact) mass is 307 g/mol. The van der Waals surface area contributed by atoms with Crippen molar-refractivity contribution in [3.05, 3.63) is 35.6 Å². The van der Waals surface area contributed by atoms with Crippen LogP contribution in [0, 0.1) is 11.7 Å². The smallest absolute Gasteiger partial charge is 0.317 e. The van der Waals surface area contributed by atoms with Crippen LogP contribution < -0.4 is 5.32 Å². The molecule has 1 aliphatic rings. The highest BCUT2D eigenvalue weighted by Crippen LogP contribution is 2.24. The number of nitrogens with one attached hydrogen (secondary N) is 1. The molecule has 1 unspecified atom stereocenters. The summed E-state index contributed by atoms with van der Waals surface area (Å²) in [4.78, 5) is 16.3. The van der Waals surface area contributed by atoms with Crippen molar-refractivity contribution in [1.82, 2.24) is 15.1 Å². The number of benzene rings is 1. The first kappa shape index (κ1) is 16.7. The van der Waals surface area contributed by atoms with Crippen LogP contribution in [0.4, 0.5) is 9.18 Å². The van der Waals surface area contributed by atoms with E-state index in [1.54, 1.807) is 12.1 Å². The van der Waals surface area contributed by atoms with Gasteiger partial charge in [0.2, 0.25) is 0 Å². The number of hydrogen-bond acceptors (Lipinski definition) is 2. The number of hydrogen-bond donors (Lipinski definition) is 1. The van der Waals surface area contributed by atoms with Crippen LogP contribution in [0.2, 0.25) is 0 Å². The summed E-state index contributed by atoms with van der Waals surface area (Å²) in [6.07, 6.45) is 0.987. The summed E-state index contributed by atoms with van der Waals surface area (Å²) in [5.74, 6) is 0.352. The second kappa shape index (κ2) is 7.58. The lowest BCUT2D eigenvalue weighted by Crippen LogP contribution is -2.52. The van der Waals surface area contributed by atoms with E-state index in [0.717, 1.165) is 25.1 Å². The Morgan fingerprint density at radius 1 is 1.32 bits per heavy atom. The molecule has 0 saturated carbocycles. The van der Waals surface area contributed by atoms with Gasteiger partial charge in [-0.25, -0.2) is 9.18 Å². The Bertz CT molecular complexity index is 489. The molecule has 0 aromatic heterocycles. The van der Waals surface area contributed by atoms with Gasteiger partial charge < -0.3 is 10.2 Å². The van der Waals surface area contributed by atoms with Crippen molar-refractivity contribution >= 4 is 6.03 Å². The molecule has 1 aliphatic heterocycles. The molecule has 0 bridgehead atoms. The molecule has 5 heteroatoms. The Kier molecular flexibility index (Phi) is 5.77. The van der Waals surface area contributed by atoms with Gasteiger partial charge in [0.15, 0.2) is 0 Å². The number of amides is 2. The number of piperazine rings is 1. The highest BCUT2D eigenvalue weighted by atomic mass is 19.1. The van der Waals surface area contributed by atoms with Gasteiger partial charge in [-0.1, -0.05) is 26.0 Å². The third-order valence-corrected chi connectivity index (χ3v) is 4.19. The SMILES string of the molecule is CC(C)CCNC(=O)N1CCN(C)C(c2ccc(F)cc2)C1. The van der Waals surface area contributed by atoms with Crippen LogP contribution in [0.5, 0.6) is 0 Å². The molecule has 1 heterocycles. The number of carbonyl (C=O) groups is 1. The molecule has 1 aromatic rings. The Hall–Kier alpha value is -1.62. The number of rotatable bonds is 4. The third-order valence-electron chi connectivity index (χ3n) is 4.19. The standard InChI is InChI=1S/C17H26FN3O/c1-13(2)8-9-19-17(22)21-11-10-20(3)16(12-21)14-4-6-15(18)7-5-14/h4-7,13,16H,8-12H2,1-3H3,(H,19,22). The van der Waals surface area contributed by atoms with E-state index >= 15 is 0 Å². The van der Waals surface area contributed by atoms with E-state index < -0.39 is 0 Å². The fourth-order valence-electron chi connectivity index (χ4n) is 2.68. The van der Waals surface area contributed by atoms with Crippen LogP contribution in [0.15, 0.2) is 24.3 Å². The number of urea groups is 1. The predicted molar refractivity (Wildman–Crippen MR) is 86.2 cm³/mol. The Labute approximate surface area is 132 Å². The molecule has 1 aromatic carbocycles. The topological polar surface area (TPSA) is 35.6 Å². The molecule has 2 rings (SSSR count). The van der Waals surface area contributed by atoms with Crippen molar-refractivity contribution in [2.24, 2.45) is 5.92 Å². The molecule has 22 heavy (non-hydrogen) atoms. The van der Waals surface area contributed by atoms with Crippen LogP contribution in [0.25, 0.3) is 0 Å². The predicted octanol–water partition coefficient (Wildman–Crippen LogP) is 2.87. The molecule has 0 aliphatic carbocycles. The van der Waals surface area contributed by atoms with E-state index in [-0.39, 0.29) is 17.9 Å². The lowest BCUT2D eigenvalue weighted by atomic mass is 10.0. The van der Waals surface area contributed by atoms with Crippen molar-refractivity contribution in [3.8, 4) is 0 Å². The summed E-state index contributed by atoms with van der Waals surface area (Å²) in [5.41, 5.74) is 1.04. The van der Waals surface area contributed by atoms with Crippen LogP contribution in [0.1, 0.15) is 31.9 Å². The van der Waals surface area contributed by atoms with Crippen molar-refractivity contribution in [2.45, 2.75) is 26.3 Å². The Morgan fingerprint density at radius 3 is 2.64 bits per heavy atom. The van der Waals surface area contributed by atoms with Gasteiger partial charge in [0.25, 0.3) is 0 Å². The van der Waals surface area contributed by atoms with Gasteiger partial charge in [-0.3, -0.25) is 4.90 Å². The minimum absolute atomic E-state index is 0.000798. The van der Waals surface area contributed by atoms with E-state index in [9.17, 15) is 9.18 Å². The summed E-state index contributed by atoms with van der Waals surface area (Å²) in [6, 6.07) is 6.68. The van der Waals surface area contributed by atoms with E-state index in [4.69, 9.17) is 0 Å². The van der Waals surface area contributed by atoms with Gasteiger partial charge in [-0.2, -0.15) is 0 Å². The molecule has 1 atom stereocenters. The minimum Gasteiger partial charge on any atom is -0.338 e. The van der Waals surface area contributed by atoms with Gasteiger partial charge in [-0.15, -0.1) is 0 Å². The molecule has 0 spiro atoms. The third kappa shape index (κ3) is 4.44. The van der Waals surface area contributed by atoms with Crippen LogP contribution in [0.3, 0.4) is 0 Å². The molecule has 0 radical (unpaired) electrons. The summed E-state index contributed by atoms with van der Waals surface area (Å²) < 4.78 is 13.1. The zero-order chi connectivity index (χ0) is 16.1. The molecular formula is C17H26FN3O. The van der Waals surface area contributed by atoms with E-state index in [0.29, 0.717) is 19.0 Å². The second-order valence-electron chi connectivity index (χ2n) is 6.41. The zero-order valence-electron chi connectivity index (χ0n) is 13.7. The average molecular weight is 307 g/mol. The van der Waals surface area contributed by atoms with E-state index in [1.165, 1.54) is 12.1 Å². The average Bonchev–Trinajstić information content (AvgIpc) is 2.48. The number of halogens is 1. The van der Waals surface area contributed by atoms with E-state index in [2.05, 4.69) is 24.1 Å². The van der Waals surface area contributed by atoms with Gasteiger partial charge in [-0.05, 0) is 37.1 Å². The quantitative estimate of drug-likeness (QED) is 0.928. The van der Waals surface area contributed by atoms with Crippen molar-refractivity contribution in [3.63, 3.8) is 0 Å². The first-order valence-electron chi connectivity index (χ1n) is 7.96. The second-order valence-corrected chi connectivity index (χ2v) is 6.41. The number of likely N-dealkylation sites (N-methyl/N-ethyl adjacent to an activating group) is 1.